The highest BCUT2D eigenvalue weighted by Gasteiger charge is 2.19. The molecule has 1 N–H and O–H groups in total. The van der Waals surface area contributed by atoms with Crippen LogP contribution in [0.2, 0.25) is 0 Å². The number of anilines is 1. The molecule has 0 radical (unpaired) electrons. The maximum Gasteiger partial charge on any atom is 0.341 e. The zero-order chi connectivity index (χ0) is 21.3. The normalized spacial score (nSPS) is 10.8. The van der Waals surface area contributed by atoms with Crippen LogP contribution in [0.4, 0.5) is 5.00 Å². The van der Waals surface area contributed by atoms with Crippen molar-refractivity contribution in [3.63, 3.8) is 0 Å². The van der Waals surface area contributed by atoms with Crippen molar-refractivity contribution in [3.05, 3.63) is 69.2 Å². The van der Waals surface area contributed by atoms with E-state index >= 15 is 0 Å². The summed E-state index contributed by atoms with van der Waals surface area (Å²) in [6, 6.07) is 13.5. The standard InChI is InChI=1S/C22H24N2O4S2/c1-3-28-22(26)18-10-12-30-21(18)23-20(25)15-24(14-17-8-6-11-29-17)13-16-7-4-5-9-19(16)27-2/h4-12H,3,13-15H2,1-2H3,(H,23,25). The third-order valence-electron chi connectivity index (χ3n) is 4.33. The van der Waals surface area contributed by atoms with Crippen LogP contribution in [0.1, 0.15) is 27.7 Å². The molecule has 0 bridgehead atoms. The van der Waals surface area contributed by atoms with Gasteiger partial charge in [0.15, 0.2) is 0 Å². The Hall–Kier alpha value is -2.68. The van der Waals surface area contributed by atoms with Crippen LogP contribution in [-0.2, 0) is 22.6 Å². The number of carbonyl (C=O) groups is 2. The highest BCUT2D eigenvalue weighted by atomic mass is 32.1. The number of para-hydroxylation sites is 1. The molecular formula is C22H24N2O4S2. The Labute approximate surface area is 184 Å². The number of hydrogen-bond acceptors (Lipinski definition) is 7. The van der Waals surface area contributed by atoms with Crippen LogP contribution in [-0.4, -0.2) is 37.0 Å². The molecule has 0 aliphatic heterocycles. The van der Waals surface area contributed by atoms with Crippen molar-refractivity contribution in [2.75, 3.05) is 25.6 Å². The Kier molecular flexibility index (Phi) is 8.01. The van der Waals surface area contributed by atoms with E-state index in [0.717, 1.165) is 11.3 Å². The van der Waals surface area contributed by atoms with E-state index in [1.165, 1.54) is 16.2 Å². The van der Waals surface area contributed by atoms with E-state index in [9.17, 15) is 9.59 Å². The Morgan fingerprint density at radius 3 is 2.60 bits per heavy atom. The molecule has 3 aromatic rings. The molecule has 30 heavy (non-hydrogen) atoms. The molecule has 0 atom stereocenters. The molecule has 3 rings (SSSR count). The molecule has 0 fully saturated rings. The van der Waals surface area contributed by atoms with Crippen molar-refractivity contribution in [3.8, 4) is 5.75 Å². The first-order chi connectivity index (χ1) is 14.6. The zero-order valence-corrected chi connectivity index (χ0v) is 18.6. The number of ether oxygens (including phenoxy) is 2. The fourth-order valence-corrected chi connectivity index (χ4v) is 4.55. The number of rotatable bonds is 10. The lowest BCUT2D eigenvalue weighted by Crippen LogP contribution is -2.32. The summed E-state index contributed by atoms with van der Waals surface area (Å²) in [6.07, 6.45) is 0. The Morgan fingerprint density at radius 1 is 1.03 bits per heavy atom. The van der Waals surface area contributed by atoms with Crippen molar-refractivity contribution in [1.82, 2.24) is 4.90 Å². The van der Waals surface area contributed by atoms with Crippen LogP contribution < -0.4 is 10.1 Å². The Balaban J connectivity index is 1.72. The highest BCUT2D eigenvalue weighted by Crippen LogP contribution is 2.25. The summed E-state index contributed by atoms with van der Waals surface area (Å²) in [5, 5.41) is 7.16. The van der Waals surface area contributed by atoms with Crippen molar-refractivity contribution >= 4 is 39.6 Å². The fraction of sp³-hybridized carbons (Fsp3) is 0.273. The quantitative estimate of drug-likeness (QED) is 0.462. The molecule has 2 heterocycles. The van der Waals surface area contributed by atoms with Crippen LogP contribution in [0.5, 0.6) is 5.75 Å². The molecule has 1 aromatic carbocycles. The molecule has 0 spiro atoms. The van der Waals surface area contributed by atoms with E-state index in [1.54, 1.807) is 36.8 Å². The fourth-order valence-electron chi connectivity index (χ4n) is 3.01. The van der Waals surface area contributed by atoms with E-state index in [1.807, 2.05) is 35.7 Å². The minimum Gasteiger partial charge on any atom is -0.496 e. The second kappa shape index (κ2) is 10.9. The number of hydrogen-bond donors (Lipinski definition) is 1. The van der Waals surface area contributed by atoms with Gasteiger partial charge in [0.1, 0.15) is 10.8 Å². The van der Waals surface area contributed by atoms with Crippen LogP contribution >= 0.6 is 22.7 Å². The first-order valence-corrected chi connectivity index (χ1v) is 11.3. The summed E-state index contributed by atoms with van der Waals surface area (Å²) in [4.78, 5) is 28.1. The molecule has 0 aliphatic carbocycles. The summed E-state index contributed by atoms with van der Waals surface area (Å²) < 4.78 is 10.5. The minimum atomic E-state index is -0.432. The van der Waals surface area contributed by atoms with E-state index in [4.69, 9.17) is 9.47 Å². The van der Waals surface area contributed by atoms with E-state index < -0.39 is 5.97 Å². The van der Waals surface area contributed by atoms with Crippen molar-refractivity contribution in [2.24, 2.45) is 0 Å². The third kappa shape index (κ3) is 5.91. The van der Waals surface area contributed by atoms with Gasteiger partial charge in [-0.1, -0.05) is 24.3 Å². The third-order valence-corrected chi connectivity index (χ3v) is 6.02. The summed E-state index contributed by atoms with van der Waals surface area (Å²) in [6.45, 7) is 3.41. The van der Waals surface area contributed by atoms with Gasteiger partial charge in [0.2, 0.25) is 5.91 Å². The maximum atomic E-state index is 12.8. The number of thiophene rings is 2. The molecule has 0 aliphatic rings. The Morgan fingerprint density at radius 2 is 1.87 bits per heavy atom. The van der Waals surface area contributed by atoms with Gasteiger partial charge in [-0.2, -0.15) is 0 Å². The molecule has 0 saturated heterocycles. The van der Waals surface area contributed by atoms with Crippen LogP contribution in [0.15, 0.2) is 53.2 Å². The van der Waals surface area contributed by atoms with E-state index in [0.29, 0.717) is 23.7 Å². The molecule has 158 valence electrons. The smallest absolute Gasteiger partial charge is 0.341 e. The lowest BCUT2D eigenvalue weighted by atomic mass is 10.2. The molecule has 8 heteroatoms. The number of nitrogens with one attached hydrogen (secondary N) is 1. The summed E-state index contributed by atoms with van der Waals surface area (Å²) in [5.41, 5.74) is 1.39. The predicted molar refractivity (Wildman–Crippen MR) is 120 cm³/mol. The predicted octanol–water partition coefficient (Wildman–Crippen LogP) is 4.64. The number of methoxy groups -OCH3 is 1. The van der Waals surface area contributed by atoms with Gasteiger partial charge in [-0.3, -0.25) is 9.69 Å². The second-order valence-electron chi connectivity index (χ2n) is 6.47. The van der Waals surface area contributed by atoms with Gasteiger partial charge < -0.3 is 14.8 Å². The zero-order valence-electron chi connectivity index (χ0n) is 16.9. The molecule has 1 amide bonds. The number of esters is 1. The summed E-state index contributed by atoms with van der Waals surface area (Å²) in [7, 11) is 1.64. The van der Waals surface area contributed by atoms with Gasteiger partial charge in [0.25, 0.3) is 0 Å². The number of nitrogens with zero attached hydrogens (tertiary/aromatic N) is 1. The second-order valence-corrected chi connectivity index (χ2v) is 8.42. The summed E-state index contributed by atoms with van der Waals surface area (Å²) in [5.74, 6) is 0.171. The number of benzene rings is 1. The molecule has 6 nitrogen and oxygen atoms in total. The van der Waals surface area contributed by atoms with Crippen molar-refractivity contribution in [1.29, 1.82) is 0 Å². The maximum absolute atomic E-state index is 12.8. The van der Waals surface area contributed by atoms with Crippen LogP contribution in [0.25, 0.3) is 0 Å². The lowest BCUT2D eigenvalue weighted by molar-refractivity contribution is -0.117. The lowest BCUT2D eigenvalue weighted by Gasteiger charge is -2.22. The largest absolute Gasteiger partial charge is 0.496 e. The average Bonchev–Trinajstić information content (AvgIpc) is 3.40. The summed E-state index contributed by atoms with van der Waals surface area (Å²) >= 11 is 2.96. The van der Waals surface area contributed by atoms with Gasteiger partial charge >= 0.3 is 5.97 Å². The van der Waals surface area contributed by atoms with Gasteiger partial charge in [-0.15, -0.1) is 22.7 Å². The molecular weight excluding hydrogens is 420 g/mol. The average molecular weight is 445 g/mol. The number of carbonyl (C=O) groups excluding carboxylic acids is 2. The first-order valence-electron chi connectivity index (χ1n) is 9.51. The van der Waals surface area contributed by atoms with Gasteiger partial charge in [0, 0.05) is 23.5 Å². The molecule has 0 saturated carbocycles. The minimum absolute atomic E-state index is 0.177. The molecule has 2 aromatic heterocycles. The van der Waals surface area contributed by atoms with Crippen molar-refractivity contribution < 1.29 is 19.1 Å². The number of amides is 1. The van der Waals surface area contributed by atoms with Crippen LogP contribution in [0.3, 0.4) is 0 Å². The van der Waals surface area contributed by atoms with E-state index in [-0.39, 0.29) is 19.1 Å². The highest BCUT2D eigenvalue weighted by molar-refractivity contribution is 7.14. The monoisotopic (exact) mass is 444 g/mol. The van der Waals surface area contributed by atoms with Gasteiger partial charge in [0.05, 0.1) is 25.8 Å². The Bertz CT molecular complexity index is 969. The SMILES string of the molecule is CCOC(=O)c1ccsc1NC(=O)CN(Cc1cccs1)Cc1ccccc1OC. The van der Waals surface area contributed by atoms with Crippen molar-refractivity contribution in [2.45, 2.75) is 20.0 Å². The van der Waals surface area contributed by atoms with E-state index in [2.05, 4.69) is 16.3 Å². The van der Waals surface area contributed by atoms with Gasteiger partial charge in [-0.05, 0) is 35.9 Å². The topological polar surface area (TPSA) is 67.9 Å². The molecule has 0 unspecified atom stereocenters. The van der Waals surface area contributed by atoms with Crippen LogP contribution in [0, 0.1) is 0 Å². The first kappa shape index (κ1) is 22.0. The van der Waals surface area contributed by atoms with Gasteiger partial charge in [-0.25, -0.2) is 4.79 Å².